The van der Waals surface area contributed by atoms with E-state index in [4.69, 9.17) is 4.74 Å². The molecule has 1 heterocycles. The third-order valence-corrected chi connectivity index (χ3v) is 4.45. The van der Waals surface area contributed by atoms with Crippen molar-refractivity contribution < 1.29 is 14.3 Å². The van der Waals surface area contributed by atoms with Gasteiger partial charge in [0.15, 0.2) is 0 Å². The fraction of sp³-hybridized carbons (Fsp3) is 0.818. The average Bonchev–Trinajstić information content (AvgIpc) is 2.86. The molecule has 0 radical (unpaired) electrons. The van der Waals surface area contributed by atoms with Crippen LogP contribution in [0, 0.1) is 0 Å². The molecule has 1 aromatic heterocycles. The van der Waals surface area contributed by atoms with Gasteiger partial charge in [0.05, 0.1) is 13.2 Å². The van der Waals surface area contributed by atoms with Gasteiger partial charge >= 0.3 is 5.97 Å². The van der Waals surface area contributed by atoms with Crippen LogP contribution in [-0.2, 0) is 20.8 Å². The molecule has 1 aliphatic carbocycles. The summed E-state index contributed by atoms with van der Waals surface area (Å²) in [5, 5.41) is 12.5. The predicted octanol–water partition coefficient (Wildman–Crippen LogP) is 0.896. The number of aromatic nitrogens is 4. The molecule has 8 heteroatoms. The summed E-state index contributed by atoms with van der Waals surface area (Å²) in [5.74, 6) is -0.354. The average molecular weight is 286 g/mol. The van der Waals surface area contributed by atoms with Crippen LogP contribution in [0.1, 0.15) is 25.7 Å². The van der Waals surface area contributed by atoms with Crippen LogP contribution >= 0.6 is 11.8 Å². The third kappa shape index (κ3) is 3.90. The van der Waals surface area contributed by atoms with Crippen molar-refractivity contribution in [3.05, 3.63) is 0 Å². The van der Waals surface area contributed by atoms with E-state index >= 15 is 0 Å². The number of ether oxygens (including phenoxy) is 2. The Labute approximate surface area is 116 Å². The fourth-order valence-corrected chi connectivity index (χ4v) is 3.34. The zero-order valence-electron chi connectivity index (χ0n) is 11.1. The number of thioether (sulfide) groups is 1. The van der Waals surface area contributed by atoms with Gasteiger partial charge in [0.2, 0.25) is 5.16 Å². The number of tetrazole rings is 1. The van der Waals surface area contributed by atoms with Crippen LogP contribution in [0.25, 0.3) is 0 Å². The monoisotopic (exact) mass is 286 g/mol. The lowest BCUT2D eigenvalue weighted by Gasteiger charge is -2.27. The van der Waals surface area contributed by atoms with Crippen LogP contribution in [0.2, 0.25) is 0 Å². The quantitative estimate of drug-likeness (QED) is 0.744. The Bertz CT molecular complexity index is 426. The topological polar surface area (TPSA) is 79.1 Å². The molecular formula is C11H18N4O3S. The molecule has 0 aromatic carbocycles. The molecule has 1 aliphatic rings. The number of esters is 1. The number of hydrogen-bond donors (Lipinski definition) is 0. The van der Waals surface area contributed by atoms with E-state index in [0.717, 1.165) is 25.7 Å². The van der Waals surface area contributed by atoms with Gasteiger partial charge in [-0.3, -0.25) is 4.79 Å². The van der Waals surface area contributed by atoms with Gasteiger partial charge in [-0.25, -0.2) is 4.68 Å². The van der Waals surface area contributed by atoms with E-state index < -0.39 is 0 Å². The molecule has 0 bridgehead atoms. The smallest absolute Gasteiger partial charge is 0.327 e. The second-order valence-corrected chi connectivity index (χ2v) is 5.73. The van der Waals surface area contributed by atoms with E-state index in [-0.39, 0.29) is 12.5 Å². The molecule has 19 heavy (non-hydrogen) atoms. The zero-order chi connectivity index (χ0) is 13.7. The highest BCUT2D eigenvalue weighted by Crippen LogP contribution is 2.33. The SMILES string of the molecule is COC(=O)Cn1nnnc1SC1CCCC(OC)C1. The number of methoxy groups -OCH3 is 2. The summed E-state index contributed by atoms with van der Waals surface area (Å²) >= 11 is 1.61. The largest absolute Gasteiger partial charge is 0.468 e. The molecule has 0 N–H and O–H groups in total. The summed E-state index contributed by atoms with van der Waals surface area (Å²) in [6, 6.07) is 0. The first-order valence-corrected chi connectivity index (χ1v) is 7.13. The van der Waals surface area contributed by atoms with Crippen LogP contribution in [-0.4, -0.2) is 51.8 Å². The van der Waals surface area contributed by atoms with Crippen molar-refractivity contribution in [1.29, 1.82) is 0 Å². The van der Waals surface area contributed by atoms with Crippen molar-refractivity contribution in [1.82, 2.24) is 20.2 Å². The lowest BCUT2D eigenvalue weighted by atomic mass is 9.97. The molecule has 106 valence electrons. The van der Waals surface area contributed by atoms with Gasteiger partial charge in [-0.05, 0) is 36.1 Å². The molecule has 7 nitrogen and oxygen atoms in total. The standard InChI is InChI=1S/C11H18N4O3S/c1-17-8-4-3-5-9(6-8)19-11-12-13-14-15(11)7-10(16)18-2/h8-9H,3-7H2,1-2H3. The Morgan fingerprint density at radius 2 is 2.32 bits per heavy atom. The third-order valence-electron chi connectivity index (χ3n) is 3.19. The lowest BCUT2D eigenvalue weighted by Crippen LogP contribution is -2.24. The van der Waals surface area contributed by atoms with Crippen LogP contribution in [0.15, 0.2) is 5.16 Å². The van der Waals surface area contributed by atoms with Crippen molar-refractivity contribution in [2.45, 2.75) is 48.7 Å². The predicted molar refractivity (Wildman–Crippen MR) is 68.7 cm³/mol. The van der Waals surface area contributed by atoms with E-state index in [9.17, 15) is 4.79 Å². The Hall–Kier alpha value is -1.15. The number of rotatable bonds is 5. The molecular weight excluding hydrogens is 268 g/mol. The molecule has 1 fully saturated rings. The van der Waals surface area contributed by atoms with Gasteiger partial charge in [0.25, 0.3) is 0 Å². The van der Waals surface area contributed by atoms with Crippen molar-refractivity contribution in [3.63, 3.8) is 0 Å². The van der Waals surface area contributed by atoms with Crippen LogP contribution in [0.5, 0.6) is 0 Å². The lowest BCUT2D eigenvalue weighted by molar-refractivity contribution is -0.141. The van der Waals surface area contributed by atoms with Crippen molar-refractivity contribution in [2.75, 3.05) is 14.2 Å². The molecule has 0 saturated heterocycles. The minimum absolute atomic E-state index is 0.0479. The van der Waals surface area contributed by atoms with Crippen LogP contribution in [0.4, 0.5) is 0 Å². The molecule has 0 amide bonds. The first-order chi connectivity index (χ1) is 9.22. The van der Waals surface area contributed by atoms with Gasteiger partial charge in [-0.15, -0.1) is 5.10 Å². The van der Waals surface area contributed by atoms with Crippen molar-refractivity contribution >= 4 is 17.7 Å². The molecule has 0 aliphatic heterocycles. The summed E-state index contributed by atoms with van der Waals surface area (Å²) in [7, 11) is 3.10. The summed E-state index contributed by atoms with van der Waals surface area (Å²) in [4.78, 5) is 11.3. The van der Waals surface area contributed by atoms with E-state index in [0.29, 0.717) is 16.5 Å². The maximum Gasteiger partial charge on any atom is 0.327 e. The highest BCUT2D eigenvalue weighted by Gasteiger charge is 2.24. The highest BCUT2D eigenvalue weighted by atomic mass is 32.2. The molecule has 1 aromatic rings. The molecule has 2 atom stereocenters. The van der Waals surface area contributed by atoms with Gasteiger partial charge in [-0.1, -0.05) is 11.8 Å². The summed E-state index contributed by atoms with van der Waals surface area (Å²) in [5.41, 5.74) is 0. The second-order valence-electron chi connectivity index (χ2n) is 4.46. The van der Waals surface area contributed by atoms with Gasteiger partial charge in [0, 0.05) is 12.4 Å². The Kier molecular flexibility index (Phi) is 5.15. The van der Waals surface area contributed by atoms with Crippen molar-refractivity contribution in [2.24, 2.45) is 0 Å². The van der Waals surface area contributed by atoms with Gasteiger partial charge in [0.1, 0.15) is 6.54 Å². The number of carbonyl (C=O) groups excluding carboxylic acids is 1. The zero-order valence-corrected chi connectivity index (χ0v) is 11.9. The molecule has 2 rings (SSSR count). The molecule has 1 saturated carbocycles. The van der Waals surface area contributed by atoms with E-state index in [1.165, 1.54) is 11.8 Å². The highest BCUT2D eigenvalue weighted by molar-refractivity contribution is 7.99. The Morgan fingerprint density at radius 3 is 3.05 bits per heavy atom. The maximum absolute atomic E-state index is 11.3. The van der Waals surface area contributed by atoms with E-state index in [2.05, 4.69) is 20.3 Å². The minimum atomic E-state index is -0.354. The van der Waals surface area contributed by atoms with E-state index in [1.54, 1.807) is 18.9 Å². The van der Waals surface area contributed by atoms with Crippen LogP contribution < -0.4 is 0 Å². The van der Waals surface area contributed by atoms with Crippen LogP contribution in [0.3, 0.4) is 0 Å². The molecule has 0 spiro atoms. The minimum Gasteiger partial charge on any atom is -0.468 e. The van der Waals surface area contributed by atoms with Crippen molar-refractivity contribution in [3.8, 4) is 0 Å². The second kappa shape index (κ2) is 6.85. The first kappa shape index (κ1) is 14.3. The number of carbonyl (C=O) groups is 1. The normalized spacial score (nSPS) is 23.3. The Balaban J connectivity index is 1.95. The first-order valence-electron chi connectivity index (χ1n) is 6.25. The summed E-state index contributed by atoms with van der Waals surface area (Å²) in [6.07, 6.45) is 4.69. The maximum atomic E-state index is 11.3. The molecule has 2 unspecified atom stereocenters. The van der Waals surface area contributed by atoms with Gasteiger partial charge < -0.3 is 9.47 Å². The number of hydrogen-bond acceptors (Lipinski definition) is 7. The fourth-order valence-electron chi connectivity index (χ4n) is 2.14. The summed E-state index contributed by atoms with van der Waals surface area (Å²) < 4.78 is 11.5. The summed E-state index contributed by atoms with van der Waals surface area (Å²) in [6.45, 7) is 0.0479. The Morgan fingerprint density at radius 1 is 1.47 bits per heavy atom. The van der Waals surface area contributed by atoms with E-state index in [1.807, 2.05) is 0 Å². The van der Waals surface area contributed by atoms with Gasteiger partial charge in [-0.2, -0.15) is 0 Å². The number of nitrogens with zero attached hydrogens (tertiary/aromatic N) is 4.